The Bertz CT molecular complexity index is 576. The Morgan fingerprint density at radius 2 is 1.50 bits per heavy atom. The molecule has 0 saturated carbocycles. The molecule has 132 valence electrons. The standard InChI is InChI=1S/2C8H11N.C4H8O2/c1-9(2)8-6-4-3-5-7-8;1-6-4-3-5-7(2)8(6)9;1-2-3-4(5)6/h3-7H,1-2H3;3-5H,9H2,1-2H3;2-3H2,1H3,(H,5,6). The van der Waals surface area contributed by atoms with Gasteiger partial charge in [0, 0.05) is 31.9 Å². The maximum absolute atomic E-state index is 9.60. The summed E-state index contributed by atoms with van der Waals surface area (Å²) in [6.07, 6.45) is 1.02. The number of hydrogen-bond acceptors (Lipinski definition) is 3. The van der Waals surface area contributed by atoms with Crippen LogP contribution in [0.4, 0.5) is 11.4 Å². The van der Waals surface area contributed by atoms with Crippen molar-refractivity contribution in [2.24, 2.45) is 0 Å². The monoisotopic (exact) mass is 330 g/mol. The lowest BCUT2D eigenvalue weighted by atomic mass is 10.1. The van der Waals surface area contributed by atoms with Gasteiger partial charge in [0.15, 0.2) is 0 Å². The average molecular weight is 330 g/mol. The minimum atomic E-state index is -0.711. The normalized spacial score (nSPS) is 9.04. The summed E-state index contributed by atoms with van der Waals surface area (Å²) in [5.74, 6) is -0.711. The van der Waals surface area contributed by atoms with Crippen LogP contribution in [0.1, 0.15) is 30.9 Å². The summed E-state index contributed by atoms with van der Waals surface area (Å²) < 4.78 is 0. The van der Waals surface area contributed by atoms with Gasteiger partial charge in [-0.15, -0.1) is 0 Å². The van der Waals surface area contributed by atoms with Crippen molar-refractivity contribution in [3.8, 4) is 0 Å². The quantitative estimate of drug-likeness (QED) is 0.813. The number of para-hydroxylation sites is 2. The van der Waals surface area contributed by atoms with Crippen molar-refractivity contribution in [3.05, 3.63) is 59.7 Å². The topological polar surface area (TPSA) is 66.6 Å². The molecule has 3 N–H and O–H groups in total. The Hall–Kier alpha value is -2.49. The Morgan fingerprint density at radius 3 is 1.75 bits per heavy atom. The molecule has 0 spiro atoms. The molecule has 0 fully saturated rings. The van der Waals surface area contributed by atoms with Crippen LogP contribution < -0.4 is 10.6 Å². The van der Waals surface area contributed by atoms with Crippen LogP contribution in [0.2, 0.25) is 0 Å². The lowest BCUT2D eigenvalue weighted by Crippen LogP contribution is -2.07. The van der Waals surface area contributed by atoms with Crippen molar-refractivity contribution in [2.75, 3.05) is 24.7 Å². The summed E-state index contributed by atoms with van der Waals surface area (Å²) in [5, 5.41) is 7.91. The van der Waals surface area contributed by atoms with Crippen molar-refractivity contribution < 1.29 is 9.90 Å². The van der Waals surface area contributed by atoms with Crippen molar-refractivity contribution in [2.45, 2.75) is 33.6 Å². The van der Waals surface area contributed by atoms with E-state index in [-0.39, 0.29) is 0 Å². The van der Waals surface area contributed by atoms with Crippen LogP contribution >= 0.6 is 0 Å². The van der Waals surface area contributed by atoms with Crippen molar-refractivity contribution in [1.82, 2.24) is 0 Å². The number of aliphatic carboxylic acids is 1. The van der Waals surface area contributed by atoms with E-state index in [0.717, 1.165) is 23.2 Å². The molecule has 0 bridgehead atoms. The van der Waals surface area contributed by atoms with E-state index in [1.807, 2.05) is 71.3 Å². The number of nitrogens with two attached hydrogens (primary N) is 1. The van der Waals surface area contributed by atoms with Gasteiger partial charge >= 0.3 is 5.97 Å². The van der Waals surface area contributed by atoms with E-state index >= 15 is 0 Å². The summed E-state index contributed by atoms with van der Waals surface area (Å²) in [6, 6.07) is 16.3. The fraction of sp³-hybridized carbons (Fsp3) is 0.350. The van der Waals surface area contributed by atoms with Gasteiger partial charge in [0.2, 0.25) is 0 Å². The van der Waals surface area contributed by atoms with E-state index in [0.29, 0.717) is 6.42 Å². The SMILES string of the molecule is CCCC(=O)O.CN(C)c1ccccc1.Cc1cccc(C)c1N. The molecule has 0 aromatic heterocycles. The van der Waals surface area contributed by atoms with E-state index in [4.69, 9.17) is 10.8 Å². The van der Waals surface area contributed by atoms with Gasteiger partial charge in [0.05, 0.1) is 0 Å². The third-order valence-corrected chi connectivity index (χ3v) is 3.28. The first-order valence-electron chi connectivity index (χ1n) is 8.05. The van der Waals surface area contributed by atoms with Crippen LogP contribution in [0.15, 0.2) is 48.5 Å². The maximum atomic E-state index is 9.60. The maximum Gasteiger partial charge on any atom is 0.303 e. The molecule has 2 aromatic carbocycles. The highest BCUT2D eigenvalue weighted by Gasteiger charge is 1.92. The number of nitrogens with zero attached hydrogens (tertiary/aromatic N) is 1. The highest BCUT2D eigenvalue weighted by Crippen LogP contribution is 2.13. The molecule has 4 heteroatoms. The predicted molar refractivity (Wildman–Crippen MR) is 104 cm³/mol. The Balaban J connectivity index is 0.000000340. The second kappa shape index (κ2) is 12.0. The highest BCUT2D eigenvalue weighted by molar-refractivity contribution is 5.66. The van der Waals surface area contributed by atoms with E-state index < -0.39 is 5.97 Å². The molecule has 0 aliphatic rings. The highest BCUT2D eigenvalue weighted by atomic mass is 16.4. The van der Waals surface area contributed by atoms with Gasteiger partial charge in [-0.1, -0.05) is 43.3 Å². The molecule has 2 rings (SSSR count). The van der Waals surface area contributed by atoms with Crippen LogP contribution in [-0.4, -0.2) is 25.2 Å². The summed E-state index contributed by atoms with van der Waals surface area (Å²) >= 11 is 0. The van der Waals surface area contributed by atoms with Gasteiger partial charge in [0.25, 0.3) is 0 Å². The molecule has 0 atom stereocenters. The number of benzene rings is 2. The summed E-state index contributed by atoms with van der Waals surface area (Å²) in [5.41, 5.74) is 10.2. The number of nitrogen functional groups attached to an aromatic ring is 1. The van der Waals surface area contributed by atoms with E-state index in [2.05, 4.69) is 17.0 Å². The molecule has 2 aromatic rings. The zero-order chi connectivity index (χ0) is 18.5. The predicted octanol–water partition coefficient (Wildman–Crippen LogP) is 4.51. The lowest BCUT2D eigenvalue weighted by Gasteiger charge is -2.10. The van der Waals surface area contributed by atoms with Gasteiger partial charge in [-0.2, -0.15) is 0 Å². The van der Waals surface area contributed by atoms with E-state index in [1.54, 1.807) is 0 Å². The molecule has 0 unspecified atom stereocenters. The summed E-state index contributed by atoms with van der Waals surface area (Å²) in [4.78, 5) is 11.7. The second-order valence-corrected chi connectivity index (χ2v) is 5.68. The smallest absolute Gasteiger partial charge is 0.303 e. The molecule has 0 radical (unpaired) electrons. The van der Waals surface area contributed by atoms with Crippen LogP contribution in [0.3, 0.4) is 0 Å². The summed E-state index contributed by atoms with van der Waals surface area (Å²) in [6.45, 7) is 5.87. The van der Waals surface area contributed by atoms with Crippen molar-refractivity contribution in [1.29, 1.82) is 0 Å². The molecule has 0 aliphatic heterocycles. The van der Waals surface area contributed by atoms with Gasteiger partial charge in [0.1, 0.15) is 0 Å². The number of carboxylic acids is 1. The molecule has 0 heterocycles. The second-order valence-electron chi connectivity index (χ2n) is 5.68. The number of carboxylic acid groups (broad SMARTS) is 1. The number of carbonyl (C=O) groups is 1. The number of rotatable bonds is 3. The first-order valence-corrected chi connectivity index (χ1v) is 8.05. The van der Waals surface area contributed by atoms with Gasteiger partial charge in [-0.3, -0.25) is 4.79 Å². The average Bonchev–Trinajstić information content (AvgIpc) is 2.54. The van der Waals surface area contributed by atoms with Crippen molar-refractivity contribution in [3.63, 3.8) is 0 Å². The molecule has 0 amide bonds. The largest absolute Gasteiger partial charge is 0.481 e. The van der Waals surface area contributed by atoms with E-state index in [1.165, 1.54) is 5.69 Å². The van der Waals surface area contributed by atoms with Crippen LogP contribution in [0.25, 0.3) is 0 Å². The molecule has 0 aliphatic carbocycles. The Kier molecular flexibility index (Phi) is 10.8. The van der Waals surface area contributed by atoms with Crippen LogP contribution in [0, 0.1) is 13.8 Å². The first-order chi connectivity index (χ1) is 11.3. The third kappa shape index (κ3) is 9.51. The summed E-state index contributed by atoms with van der Waals surface area (Å²) in [7, 11) is 4.07. The van der Waals surface area contributed by atoms with Crippen LogP contribution in [-0.2, 0) is 4.79 Å². The van der Waals surface area contributed by atoms with Crippen LogP contribution in [0.5, 0.6) is 0 Å². The minimum absolute atomic E-state index is 0.292. The number of anilines is 2. The van der Waals surface area contributed by atoms with Gasteiger partial charge in [-0.05, 0) is 43.5 Å². The van der Waals surface area contributed by atoms with Crippen molar-refractivity contribution >= 4 is 17.3 Å². The first kappa shape index (κ1) is 21.5. The zero-order valence-corrected chi connectivity index (χ0v) is 15.4. The third-order valence-electron chi connectivity index (χ3n) is 3.28. The number of hydrogen-bond donors (Lipinski definition) is 2. The molecular formula is C20H30N2O2. The molecule has 4 nitrogen and oxygen atoms in total. The fourth-order valence-electron chi connectivity index (χ4n) is 1.77. The Morgan fingerprint density at radius 1 is 1.00 bits per heavy atom. The zero-order valence-electron chi connectivity index (χ0n) is 15.4. The van der Waals surface area contributed by atoms with Gasteiger partial charge < -0.3 is 15.7 Å². The Labute approximate surface area is 145 Å². The van der Waals surface area contributed by atoms with E-state index in [9.17, 15) is 4.79 Å². The number of aryl methyl sites for hydroxylation is 2. The fourth-order valence-corrected chi connectivity index (χ4v) is 1.77. The lowest BCUT2D eigenvalue weighted by molar-refractivity contribution is -0.137. The molecular weight excluding hydrogens is 300 g/mol. The van der Waals surface area contributed by atoms with Gasteiger partial charge in [-0.25, -0.2) is 0 Å². The minimum Gasteiger partial charge on any atom is -0.481 e. The molecule has 24 heavy (non-hydrogen) atoms. The molecule has 0 saturated heterocycles.